The first-order valence-corrected chi connectivity index (χ1v) is 32.8. The molecule has 0 spiro atoms. The third-order valence-electron chi connectivity index (χ3n) is 18.3. The first-order chi connectivity index (χ1) is 47.5. The van der Waals surface area contributed by atoms with E-state index in [9.17, 15) is 0 Å². The van der Waals surface area contributed by atoms with Gasteiger partial charge in [-0.1, -0.05) is 237 Å². The summed E-state index contributed by atoms with van der Waals surface area (Å²) in [4.78, 5) is 41.9. The second-order valence-electron chi connectivity index (χ2n) is 24.1. The van der Waals surface area contributed by atoms with Crippen LogP contribution in [0, 0.1) is 0 Å². The molecule has 0 radical (unpaired) electrons. The van der Waals surface area contributed by atoms with Crippen molar-refractivity contribution in [1.29, 1.82) is 0 Å². The summed E-state index contributed by atoms with van der Waals surface area (Å²) in [6, 6.07) is 106. The topological polar surface area (TPSA) is 116 Å². The van der Waals surface area contributed by atoms with Crippen LogP contribution in [0.25, 0.3) is 199 Å². The molecule has 0 saturated heterocycles. The molecule has 0 amide bonds. The summed E-state index contributed by atoms with van der Waals surface area (Å²) < 4.78 is 8.95. The molecule has 96 heavy (non-hydrogen) atoms. The number of furan rings is 1. The van der Waals surface area contributed by atoms with Gasteiger partial charge >= 0.3 is 0 Å². The highest BCUT2D eigenvalue weighted by atomic mass is 32.1. The number of rotatable bonds is 10. The fraction of sp³-hybridized carbons (Fsp3) is 0. The van der Waals surface area contributed by atoms with Gasteiger partial charge in [0.2, 0.25) is 0 Å². The number of thiophene rings is 1. The van der Waals surface area contributed by atoms with Crippen molar-refractivity contribution in [2.45, 2.75) is 0 Å². The molecule has 0 aliphatic heterocycles. The van der Waals surface area contributed by atoms with Gasteiger partial charge in [-0.05, 0) is 122 Å². The molecule has 0 aliphatic rings. The Morgan fingerprint density at radius 2 is 0.698 bits per heavy atom. The van der Waals surface area contributed by atoms with Crippen molar-refractivity contribution in [1.82, 2.24) is 39.9 Å². The van der Waals surface area contributed by atoms with Crippen LogP contribution in [0.2, 0.25) is 0 Å². The first-order valence-electron chi connectivity index (χ1n) is 32.0. The van der Waals surface area contributed by atoms with Gasteiger partial charge in [-0.25, -0.2) is 39.9 Å². The molecule has 6 aromatic heterocycles. The molecule has 19 aromatic rings. The summed E-state index contributed by atoms with van der Waals surface area (Å²) in [6.45, 7) is 0. The Morgan fingerprint density at radius 3 is 1.36 bits per heavy atom. The molecule has 0 fully saturated rings. The predicted octanol–water partition coefficient (Wildman–Crippen LogP) is 22.4. The molecule has 10 heteroatoms. The molecule has 19 rings (SSSR count). The van der Waals surface area contributed by atoms with E-state index in [1.165, 1.54) is 4.70 Å². The van der Waals surface area contributed by atoms with E-state index >= 15 is 0 Å². The summed E-state index contributed by atoms with van der Waals surface area (Å²) in [5.41, 5.74) is 18.8. The normalized spacial score (nSPS) is 11.8. The lowest BCUT2D eigenvalue weighted by Crippen LogP contribution is -2.00. The highest BCUT2D eigenvalue weighted by Crippen LogP contribution is 2.47. The molecule has 0 aliphatic carbocycles. The average molecular weight is 1240 g/mol. The summed E-state index contributed by atoms with van der Waals surface area (Å²) in [7, 11) is 0. The van der Waals surface area contributed by atoms with Gasteiger partial charge in [0, 0.05) is 70.8 Å². The molecule has 0 unspecified atom stereocenters. The summed E-state index contributed by atoms with van der Waals surface area (Å²) in [6.07, 6.45) is 0. The van der Waals surface area contributed by atoms with Crippen molar-refractivity contribution in [3.05, 3.63) is 303 Å². The summed E-state index contributed by atoms with van der Waals surface area (Å²) >= 11 is 1.79. The van der Waals surface area contributed by atoms with Crippen molar-refractivity contribution in [2.75, 3.05) is 0 Å². The average Bonchev–Trinajstić information content (AvgIpc) is 1.44. The zero-order valence-electron chi connectivity index (χ0n) is 51.3. The van der Waals surface area contributed by atoms with Crippen LogP contribution in [-0.2, 0) is 0 Å². The molecular formula is C86H50N8OS. The first kappa shape index (κ1) is 54.9. The lowest BCUT2D eigenvalue weighted by molar-refractivity contribution is 0.670. The maximum atomic E-state index is 6.63. The summed E-state index contributed by atoms with van der Waals surface area (Å²) in [5, 5.41) is 8.72. The Morgan fingerprint density at radius 1 is 0.240 bits per heavy atom. The number of para-hydroxylation sites is 3. The maximum Gasteiger partial charge on any atom is 0.164 e. The number of hydrogen-bond acceptors (Lipinski definition) is 10. The molecular weight excluding hydrogens is 1190 g/mol. The van der Waals surface area contributed by atoms with E-state index in [4.69, 9.17) is 44.3 Å². The zero-order valence-corrected chi connectivity index (χ0v) is 52.1. The van der Waals surface area contributed by atoms with Gasteiger partial charge in [-0.3, -0.25) is 0 Å². The van der Waals surface area contributed by atoms with Crippen LogP contribution in [0.1, 0.15) is 0 Å². The van der Waals surface area contributed by atoms with Gasteiger partial charge in [-0.15, -0.1) is 11.3 Å². The van der Waals surface area contributed by atoms with Crippen molar-refractivity contribution in [3.8, 4) is 113 Å². The Balaban J connectivity index is 0.753. The third kappa shape index (κ3) is 9.45. The van der Waals surface area contributed by atoms with Gasteiger partial charge in [0.1, 0.15) is 11.1 Å². The Bertz CT molecular complexity index is 6270. The number of nitrogens with zero attached hydrogens (tertiary/aromatic N) is 8. The van der Waals surface area contributed by atoms with E-state index in [-0.39, 0.29) is 0 Å². The molecule has 0 bridgehead atoms. The van der Waals surface area contributed by atoms with E-state index in [0.717, 1.165) is 159 Å². The number of benzene rings is 13. The van der Waals surface area contributed by atoms with E-state index in [1.807, 2.05) is 97.1 Å². The zero-order chi connectivity index (χ0) is 63.2. The van der Waals surface area contributed by atoms with Crippen molar-refractivity contribution in [3.63, 3.8) is 0 Å². The lowest BCUT2D eigenvalue weighted by Gasteiger charge is -2.17. The van der Waals surface area contributed by atoms with Gasteiger partial charge < -0.3 is 4.42 Å². The fourth-order valence-corrected chi connectivity index (χ4v) is 15.0. The largest absolute Gasteiger partial charge is 0.454 e. The summed E-state index contributed by atoms with van der Waals surface area (Å²) in [5.74, 6) is 3.48. The van der Waals surface area contributed by atoms with Crippen LogP contribution in [0.15, 0.2) is 308 Å². The van der Waals surface area contributed by atoms with Gasteiger partial charge in [-0.2, -0.15) is 0 Å². The Labute approximate surface area is 554 Å². The number of fused-ring (bicyclic) bond motifs is 11. The fourth-order valence-electron chi connectivity index (χ4n) is 13.7. The van der Waals surface area contributed by atoms with Crippen molar-refractivity contribution in [2.24, 2.45) is 0 Å². The molecule has 6 heterocycles. The maximum absolute atomic E-state index is 6.63. The van der Waals surface area contributed by atoms with Crippen LogP contribution in [0.4, 0.5) is 0 Å². The molecule has 13 aromatic carbocycles. The van der Waals surface area contributed by atoms with Crippen molar-refractivity contribution < 1.29 is 4.42 Å². The van der Waals surface area contributed by atoms with Crippen LogP contribution in [-0.4, -0.2) is 39.9 Å². The standard InChI is InChI=1S/C86H50N8OS/c1-4-21-52(22-5-1)81-90-84(92-85(91-81)59-29-20-28-58(45-59)75-65-31-12-16-35-71(65)87-77-67-33-14-18-37-73(67)95-79(75)77)55-41-39-51(40-42-55)56-43-44-64-69(50-57-27-10-11-30-63(57)70(64)49-56)60-46-61(76-66-32-13-17-36-72(66)88-78-68-34-15-19-38-74(68)96-80(76)78)48-62(47-60)86-93-82(53-23-6-2-7-24-53)89-83(94-86)54-25-8-3-9-26-54/h1-50H. The highest BCUT2D eigenvalue weighted by Gasteiger charge is 2.24. The van der Waals surface area contributed by atoms with Crippen LogP contribution in [0.3, 0.4) is 0 Å². The molecule has 9 nitrogen and oxygen atoms in total. The predicted molar refractivity (Wildman–Crippen MR) is 393 cm³/mol. The lowest BCUT2D eigenvalue weighted by atomic mass is 9.88. The van der Waals surface area contributed by atoms with Crippen molar-refractivity contribution >= 4 is 97.1 Å². The van der Waals surface area contributed by atoms with Crippen LogP contribution >= 0.6 is 11.3 Å². The monoisotopic (exact) mass is 1240 g/mol. The second kappa shape index (κ2) is 22.5. The number of hydrogen-bond donors (Lipinski definition) is 0. The SMILES string of the molecule is c1ccc(-c2nc(-c3ccc(-c4ccc5c(-c6cc(-c7nc(-c8ccccc8)nc(-c8ccccc8)n7)cc(-c7c8ccccc8nc8c7sc7ccccc78)c6)cc6ccccc6c5c4)cc3)nc(-c3cccc(-c4c5ccccc5nc5c4oc4ccccc45)c3)n2)cc1. The molecule has 0 saturated carbocycles. The highest BCUT2D eigenvalue weighted by molar-refractivity contribution is 7.26. The van der Waals surface area contributed by atoms with Crippen LogP contribution in [0.5, 0.6) is 0 Å². The van der Waals surface area contributed by atoms with E-state index < -0.39 is 0 Å². The molecule has 446 valence electrons. The van der Waals surface area contributed by atoms with Gasteiger partial charge in [0.25, 0.3) is 0 Å². The number of pyridine rings is 2. The van der Waals surface area contributed by atoms with E-state index in [2.05, 4.69) is 206 Å². The van der Waals surface area contributed by atoms with Gasteiger partial charge in [0.15, 0.2) is 40.5 Å². The Hall–Kier alpha value is -12.8. The minimum Gasteiger partial charge on any atom is -0.454 e. The number of aromatic nitrogens is 8. The van der Waals surface area contributed by atoms with E-state index in [0.29, 0.717) is 34.9 Å². The van der Waals surface area contributed by atoms with Crippen LogP contribution < -0.4 is 0 Å². The smallest absolute Gasteiger partial charge is 0.164 e. The Kier molecular flexibility index (Phi) is 12.9. The quantitative estimate of drug-likeness (QED) is 0.123. The van der Waals surface area contributed by atoms with E-state index in [1.54, 1.807) is 11.3 Å². The molecule has 0 atom stereocenters. The third-order valence-corrected chi connectivity index (χ3v) is 19.5. The molecule has 0 N–H and O–H groups in total. The minimum absolute atomic E-state index is 0.559. The van der Waals surface area contributed by atoms with Gasteiger partial charge in [0.05, 0.1) is 21.3 Å². The second-order valence-corrected chi connectivity index (χ2v) is 25.2. The minimum atomic E-state index is 0.559.